The average Bonchev–Trinajstić information content (AvgIpc) is 2.85. The highest BCUT2D eigenvalue weighted by Gasteiger charge is 2.37. The smallest absolute Gasteiger partial charge is 0.338 e. The van der Waals surface area contributed by atoms with Crippen LogP contribution in [0, 0.1) is 10.8 Å². The second-order valence-electron chi connectivity index (χ2n) is 10.1. The van der Waals surface area contributed by atoms with E-state index in [1.54, 1.807) is 24.3 Å². The lowest BCUT2D eigenvalue weighted by molar-refractivity contribution is -0.150. The predicted octanol–water partition coefficient (Wildman–Crippen LogP) is 4.45. The van der Waals surface area contributed by atoms with Crippen LogP contribution in [0.25, 0.3) is 0 Å². The highest BCUT2D eigenvalue weighted by Crippen LogP contribution is 2.32. The molecule has 2 fully saturated rings. The van der Waals surface area contributed by atoms with Gasteiger partial charge in [-0.1, -0.05) is 13.8 Å². The summed E-state index contributed by atoms with van der Waals surface area (Å²) in [5.74, 6) is -0.795. The first-order valence-electron chi connectivity index (χ1n) is 13.3. The lowest BCUT2D eigenvalue weighted by atomic mass is 9.84. The largest absolute Gasteiger partial charge is 0.462 e. The van der Waals surface area contributed by atoms with E-state index < -0.39 is 11.9 Å². The number of hydrogen-bond donors (Lipinski definition) is 0. The molecular formula is C28H42O8. The monoisotopic (exact) mass is 506 g/mol. The Bertz CT molecular complexity index is 720. The van der Waals surface area contributed by atoms with Crippen molar-refractivity contribution in [1.29, 1.82) is 0 Å². The van der Waals surface area contributed by atoms with Crippen LogP contribution >= 0.6 is 0 Å². The van der Waals surface area contributed by atoms with Crippen LogP contribution < -0.4 is 0 Å². The summed E-state index contributed by atoms with van der Waals surface area (Å²) in [5.41, 5.74) is 1.22. The fourth-order valence-electron chi connectivity index (χ4n) is 3.99. The van der Waals surface area contributed by atoms with Crippen LogP contribution in [-0.4, -0.2) is 78.0 Å². The van der Waals surface area contributed by atoms with E-state index in [1.165, 1.54) is 0 Å². The molecule has 1 aromatic rings. The third-order valence-electron chi connectivity index (χ3n) is 7.14. The molecule has 0 bridgehead atoms. The number of rotatable bonds is 18. The van der Waals surface area contributed by atoms with Gasteiger partial charge in [-0.15, -0.1) is 0 Å². The zero-order valence-corrected chi connectivity index (χ0v) is 21.9. The summed E-state index contributed by atoms with van der Waals surface area (Å²) >= 11 is 0. The molecule has 0 aromatic heterocycles. The van der Waals surface area contributed by atoms with Crippen LogP contribution in [0.1, 0.15) is 73.1 Å². The number of ether oxygens (including phenoxy) is 6. The van der Waals surface area contributed by atoms with E-state index in [0.717, 1.165) is 78.2 Å². The first-order chi connectivity index (χ1) is 17.5. The first kappa shape index (κ1) is 28.6. The van der Waals surface area contributed by atoms with E-state index in [2.05, 4.69) is 13.8 Å². The van der Waals surface area contributed by atoms with Gasteiger partial charge in [-0.05, 0) is 62.8 Å². The molecule has 2 heterocycles. The minimum absolute atomic E-state index is 0.198. The standard InChI is InChI=1S/C28H42O8/c1-3-27(19-33-20-27)17-31-13-5-7-15-35-25(29)23-9-11-24(12-10-23)26(30)36-16-8-6-14-32-18-28(4-2)21-34-22-28/h9-12H,3-8,13-22H2,1-2H3. The maximum Gasteiger partial charge on any atom is 0.338 e. The predicted molar refractivity (Wildman–Crippen MR) is 134 cm³/mol. The molecule has 2 aliphatic rings. The molecule has 0 N–H and O–H groups in total. The number of unbranched alkanes of at least 4 members (excludes halogenated alkanes) is 2. The van der Waals surface area contributed by atoms with Gasteiger partial charge in [0.25, 0.3) is 0 Å². The van der Waals surface area contributed by atoms with Gasteiger partial charge in [0.1, 0.15) is 0 Å². The number of esters is 2. The van der Waals surface area contributed by atoms with Gasteiger partial charge >= 0.3 is 11.9 Å². The molecule has 2 saturated heterocycles. The van der Waals surface area contributed by atoms with Crippen LogP contribution in [0.2, 0.25) is 0 Å². The molecule has 0 saturated carbocycles. The van der Waals surface area contributed by atoms with Gasteiger partial charge in [0, 0.05) is 24.0 Å². The van der Waals surface area contributed by atoms with E-state index >= 15 is 0 Å². The summed E-state index contributed by atoms with van der Waals surface area (Å²) in [6, 6.07) is 6.37. The topological polar surface area (TPSA) is 89.5 Å². The van der Waals surface area contributed by atoms with Crippen molar-refractivity contribution in [3.05, 3.63) is 35.4 Å². The highest BCUT2D eigenvalue weighted by atomic mass is 16.5. The Morgan fingerprint density at radius 1 is 0.667 bits per heavy atom. The zero-order valence-electron chi connectivity index (χ0n) is 21.9. The van der Waals surface area contributed by atoms with Crippen molar-refractivity contribution in [2.45, 2.75) is 52.4 Å². The molecule has 0 atom stereocenters. The quantitative estimate of drug-likeness (QED) is 0.213. The van der Waals surface area contributed by atoms with Gasteiger partial charge < -0.3 is 28.4 Å². The van der Waals surface area contributed by atoms with Gasteiger partial charge in [-0.3, -0.25) is 0 Å². The Balaban J connectivity index is 1.20. The van der Waals surface area contributed by atoms with Gasteiger partial charge in [-0.2, -0.15) is 0 Å². The van der Waals surface area contributed by atoms with E-state index in [9.17, 15) is 9.59 Å². The van der Waals surface area contributed by atoms with Crippen molar-refractivity contribution in [2.75, 3.05) is 66.1 Å². The molecule has 202 valence electrons. The van der Waals surface area contributed by atoms with Crippen LogP contribution in [0.4, 0.5) is 0 Å². The summed E-state index contributed by atoms with van der Waals surface area (Å²) in [6.45, 7) is 10.9. The fourth-order valence-corrected chi connectivity index (χ4v) is 3.99. The molecule has 36 heavy (non-hydrogen) atoms. The molecule has 2 aliphatic heterocycles. The van der Waals surface area contributed by atoms with Gasteiger partial charge in [0.2, 0.25) is 0 Å². The van der Waals surface area contributed by atoms with E-state index in [1.807, 2.05) is 0 Å². The number of carbonyl (C=O) groups is 2. The SMILES string of the molecule is CCC1(COCCCCOC(=O)c2ccc(C(=O)OCCCCOCC3(CC)COC3)cc2)COC1. The minimum Gasteiger partial charge on any atom is -0.462 e. The van der Waals surface area contributed by atoms with Crippen molar-refractivity contribution in [1.82, 2.24) is 0 Å². The molecule has 0 radical (unpaired) electrons. The Morgan fingerprint density at radius 2 is 1.03 bits per heavy atom. The number of carbonyl (C=O) groups excluding carboxylic acids is 2. The Morgan fingerprint density at radius 3 is 1.33 bits per heavy atom. The number of hydrogen-bond acceptors (Lipinski definition) is 8. The van der Waals surface area contributed by atoms with Crippen LogP contribution in [-0.2, 0) is 28.4 Å². The van der Waals surface area contributed by atoms with Gasteiger partial charge in [-0.25, -0.2) is 9.59 Å². The molecule has 8 heteroatoms. The minimum atomic E-state index is -0.397. The molecule has 1 aromatic carbocycles. The van der Waals surface area contributed by atoms with E-state index in [0.29, 0.717) is 37.6 Å². The highest BCUT2D eigenvalue weighted by molar-refractivity contribution is 5.93. The third kappa shape index (κ3) is 8.54. The van der Waals surface area contributed by atoms with Gasteiger partial charge in [0.15, 0.2) is 0 Å². The van der Waals surface area contributed by atoms with Crippen LogP contribution in [0.15, 0.2) is 24.3 Å². The van der Waals surface area contributed by atoms with Crippen molar-refractivity contribution in [3.8, 4) is 0 Å². The first-order valence-corrected chi connectivity index (χ1v) is 13.3. The summed E-state index contributed by atoms with van der Waals surface area (Å²) in [5, 5.41) is 0. The van der Waals surface area contributed by atoms with Crippen LogP contribution in [0.3, 0.4) is 0 Å². The number of benzene rings is 1. The van der Waals surface area contributed by atoms with Crippen molar-refractivity contribution in [2.24, 2.45) is 10.8 Å². The lowest BCUT2D eigenvalue weighted by Gasteiger charge is -2.40. The summed E-state index contributed by atoms with van der Waals surface area (Å²) in [4.78, 5) is 24.5. The molecular weight excluding hydrogens is 464 g/mol. The molecule has 0 unspecified atom stereocenters. The summed E-state index contributed by atoms with van der Waals surface area (Å²) in [7, 11) is 0. The zero-order chi connectivity index (χ0) is 25.7. The van der Waals surface area contributed by atoms with Crippen molar-refractivity contribution < 1.29 is 38.0 Å². The second kappa shape index (κ2) is 14.7. The molecule has 0 spiro atoms. The molecule has 8 nitrogen and oxygen atoms in total. The maximum absolute atomic E-state index is 12.2. The molecule has 0 amide bonds. The summed E-state index contributed by atoms with van der Waals surface area (Å²) in [6.07, 6.45) is 5.27. The van der Waals surface area contributed by atoms with E-state index in [-0.39, 0.29) is 10.8 Å². The normalized spacial score (nSPS) is 17.6. The second-order valence-corrected chi connectivity index (χ2v) is 10.1. The third-order valence-corrected chi connectivity index (χ3v) is 7.14. The lowest BCUT2D eigenvalue weighted by Crippen LogP contribution is -2.45. The maximum atomic E-state index is 12.2. The van der Waals surface area contributed by atoms with Crippen molar-refractivity contribution >= 4 is 11.9 Å². The van der Waals surface area contributed by atoms with Gasteiger partial charge in [0.05, 0.1) is 64.0 Å². The fraction of sp³-hybridized carbons (Fsp3) is 0.714. The Labute approximate surface area is 214 Å². The Hall–Kier alpha value is -2.00. The van der Waals surface area contributed by atoms with Crippen molar-refractivity contribution in [3.63, 3.8) is 0 Å². The van der Waals surface area contributed by atoms with E-state index in [4.69, 9.17) is 28.4 Å². The Kier molecular flexibility index (Phi) is 11.6. The van der Waals surface area contributed by atoms with Crippen LogP contribution in [0.5, 0.6) is 0 Å². The molecule has 0 aliphatic carbocycles. The molecule has 3 rings (SSSR count). The summed E-state index contributed by atoms with van der Waals surface area (Å²) < 4.78 is 32.8. The average molecular weight is 507 g/mol.